The molecule has 1 atom stereocenters. The van der Waals surface area contributed by atoms with E-state index in [4.69, 9.17) is 0 Å². The van der Waals surface area contributed by atoms with Gasteiger partial charge in [-0.1, -0.05) is 30.3 Å². The molecule has 2 rings (SSSR count). The average molecular weight is 232 g/mol. The van der Waals surface area contributed by atoms with Crippen molar-refractivity contribution in [3.05, 3.63) is 35.9 Å². The summed E-state index contributed by atoms with van der Waals surface area (Å²) in [6.07, 6.45) is 3.49. The monoisotopic (exact) mass is 232 g/mol. The first-order valence-corrected chi connectivity index (χ1v) is 6.36. The van der Waals surface area contributed by atoms with Crippen molar-refractivity contribution in [1.82, 2.24) is 10.2 Å². The summed E-state index contributed by atoms with van der Waals surface area (Å²) in [5, 5.41) is 2.99. The van der Waals surface area contributed by atoms with Gasteiger partial charge in [0, 0.05) is 19.1 Å². The lowest BCUT2D eigenvalue weighted by molar-refractivity contribution is 0.158. The SMILES string of the molecule is CC1CCCCN1C(=O)NCc1ccccc1. The van der Waals surface area contributed by atoms with Gasteiger partial charge in [0.15, 0.2) is 0 Å². The molecule has 1 aromatic rings. The number of benzene rings is 1. The molecule has 0 radical (unpaired) electrons. The molecule has 1 aliphatic heterocycles. The van der Waals surface area contributed by atoms with E-state index >= 15 is 0 Å². The first kappa shape index (κ1) is 12.0. The standard InChI is InChI=1S/C14H20N2O/c1-12-7-5-6-10-16(12)14(17)15-11-13-8-3-2-4-9-13/h2-4,8-9,12H,5-7,10-11H2,1H3,(H,15,17). The fourth-order valence-electron chi connectivity index (χ4n) is 2.27. The van der Waals surface area contributed by atoms with Crippen LogP contribution in [0.1, 0.15) is 31.7 Å². The van der Waals surface area contributed by atoms with Crippen LogP contribution in [0.15, 0.2) is 30.3 Å². The van der Waals surface area contributed by atoms with Crippen LogP contribution < -0.4 is 5.32 Å². The molecule has 3 nitrogen and oxygen atoms in total. The van der Waals surface area contributed by atoms with Crippen LogP contribution in [-0.2, 0) is 6.54 Å². The maximum Gasteiger partial charge on any atom is 0.317 e. The Morgan fingerprint density at radius 1 is 1.35 bits per heavy atom. The molecule has 1 fully saturated rings. The van der Waals surface area contributed by atoms with Gasteiger partial charge in [-0.3, -0.25) is 0 Å². The maximum atomic E-state index is 12.0. The van der Waals surface area contributed by atoms with E-state index in [1.807, 2.05) is 35.2 Å². The smallest absolute Gasteiger partial charge is 0.317 e. The van der Waals surface area contributed by atoms with Gasteiger partial charge in [0.2, 0.25) is 0 Å². The van der Waals surface area contributed by atoms with Crippen molar-refractivity contribution < 1.29 is 4.79 Å². The van der Waals surface area contributed by atoms with Gasteiger partial charge in [0.1, 0.15) is 0 Å². The molecule has 0 saturated carbocycles. The van der Waals surface area contributed by atoms with Crippen molar-refractivity contribution in [2.24, 2.45) is 0 Å². The normalized spacial score (nSPS) is 20.1. The summed E-state index contributed by atoms with van der Waals surface area (Å²) in [4.78, 5) is 13.9. The highest BCUT2D eigenvalue weighted by atomic mass is 16.2. The molecule has 1 unspecified atom stereocenters. The van der Waals surface area contributed by atoms with Crippen LogP contribution in [-0.4, -0.2) is 23.5 Å². The zero-order chi connectivity index (χ0) is 12.1. The van der Waals surface area contributed by atoms with Crippen LogP contribution in [0.2, 0.25) is 0 Å². The van der Waals surface area contributed by atoms with E-state index in [9.17, 15) is 4.79 Å². The number of carbonyl (C=O) groups is 1. The van der Waals surface area contributed by atoms with E-state index in [-0.39, 0.29) is 6.03 Å². The van der Waals surface area contributed by atoms with Crippen molar-refractivity contribution in [1.29, 1.82) is 0 Å². The third kappa shape index (κ3) is 3.22. The molecule has 92 valence electrons. The molecule has 0 spiro atoms. The van der Waals surface area contributed by atoms with Crippen LogP contribution in [0.5, 0.6) is 0 Å². The first-order valence-electron chi connectivity index (χ1n) is 6.36. The Kier molecular flexibility index (Phi) is 4.02. The van der Waals surface area contributed by atoms with Crippen molar-refractivity contribution in [3.8, 4) is 0 Å². The van der Waals surface area contributed by atoms with Gasteiger partial charge in [0.05, 0.1) is 0 Å². The number of amides is 2. The van der Waals surface area contributed by atoms with E-state index < -0.39 is 0 Å². The summed E-state index contributed by atoms with van der Waals surface area (Å²) in [6.45, 7) is 3.63. The molecular weight excluding hydrogens is 212 g/mol. The fourth-order valence-corrected chi connectivity index (χ4v) is 2.27. The third-order valence-electron chi connectivity index (χ3n) is 3.35. The molecule has 1 N–H and O–H groups in total. The molecule has 0 bridgehead atoms. The summed E-state index contributed by atoms with van der Waals surface area (Å²) in [5.74, 6) is 0. The number of nitrogens with one attached hydrogen (secondary N) is 1. The summed E-state index contributed by atoms with van der Waals surface area (Å²) >= 11 is 0. The summed E-state index contributed by atoms with van der Waals surface area (Å²) in [6, 6.07) is 10.5. The second kappa shape index (κ2) is 5.71. The molecule has 1 aliphatic rings. The molecule has 1 aromatic carbocycles. The Hall–Kier alpha value is -1.51. The lowest BCUT2D eigenvalue weighted by Gasteiger charge is -2.33. The Bertz CT molecular complexity index is 364. The van der Waals surface area contributed by atoms with Crippen LogP contribution in [0.4, 0.5) is 4.79 Å². The van der Waals surface area contributed by atoms with Gasteiger partial charge in [-0.05, 0) is 31.7 Å². The Morgan fingerprint density at radius 2 is 2.12 bits per heavy atom. The predicted molar refractivity (Wildman–Crippen MR) is 68.7 cm³/mol. The van der Waals surface area contributed by atoms with Crippen molar-refractivity contribution in [2.75, 3.05) is 6.54 Å². The second-order valence-corrected chi connectivity index (χ2v) is 4.68. The van der Waals surface area contributed by atoms with E-state index in [0.29, 0.717) is 12.6 Å². The van der Waals surface area contributed by atoms with E-state index in [1.165, 1.54) is 6.42 Å². The topological polar surface area (TPSA) is 32.3 Å². The number of hydrogen-bond donors (Lipinski definition) is 1. The zero-order valence-corrected chi connectivity index (χ0v) is 10.4. The van der Waals surface area contributed by atoms with Gasteiger partial charge in [-0.2, -0.15) is 0 Å². The van der Waals surface area contributed by atoms with Gasteiger partial charge in [-0.15, -0.1) is 0 Å². The quantitative estimate of drug-likeness (QED) is 0.835. The summed E-state index contributed by atoms with van der Waals surface area (Å²) < 4.78 is 0. The highest BCUT2D eigenvalue weighted by Gasteiger charge is 2.22. The van der Waals surface area contributed by atoms with Gasteiger partial charge >= 0.3 is 6.03 Å². The molecule has 2 amide bonds. The van der Waals surface area contributed by atoms with Crippen LogP contribution in [0.25, 0.3) is 0 Å². The maximum absolute atomic E-state index is 12.0. The van der Waals surface area contributed by atoms with Crippen molar-refractivity contribution in [2.45, 2.75) is 38.8 Å². The zero-order valence-electron chi connectivity index (χ0n) is 10.4. The molecule has 0 aromatic heterocycles. The highest BCUT2D eigenvalue weighted by Crippen LogP contribution is 2.16. The van der Waals surface area contributed by atoms with Crippen molar-refractivity contribution >= 4 is 6.03 Å². The van der Waals surface area contributed by atoms with Crippen LogP contribution in [0.3, 0.4) is 0 Å². The fraction of sp³-hybridized carbons (Fsp3) is 0.500. The number of carbonyl (C=O) groups excluding carboxylic acids is 1. The summed E-state index contributed by atoms with van der Waals surface area (Å²) in [7, 11) is 0. The van der Waals surface area contributed by atoms with Gasteiger partial charge in [-0.25, -0.2) is 4.79 Å². The Labute approximate surface area is 103 Å². The minimum absolute atomic E-state index is 0.0704. The number of urea groups is 1. The average Bonchev–Trinajstić information content (AvgIpc) is 2.38. The van der Waals surface area contributed by atoms with E-state index in [1.54, 1.807) is 0 Å². The van der Waals surface area contributed by atoms with Gasteiger partial charge < -0.3 is 10.2 Å². The Balaban J connectivity index is 1.84. The molecule has 17 heavy (non-hydrogen) atoms. The molecule has 0 aliphatic carbocycles. The lowest BCUT2D eigenvalue weighted by Crippen LogP contribution is -2.47. The van der Waals surface area contributed by atoms with Crippen LogP contribution >= 0.6 is 0 Å². The molecule has 1 heterocycles. The lowest BCUT2D eigenvalue weighted by atomic mass is 10.0. The molecule has 1 saturated heterocycles. The third-order valence-corrected chi connectivity index (χ3v) is 3.35. The molecule has 3 heteroatoms. The summed E-state index contributed by atoms with van der Waals surface area (Å²) in [5.41, 5.74) is 1.14. The highest BCUT2D eigenvalue weighted by molar-refractivity contribution is 5.74. The van der Waals surface area contributed by atoms with Crippen molar-refractivity contribution in [3.63, 3.8) is 0 Å². The number of hydrogen-bond acceptors (Lipinski definition) is 1. The first-order chi connectivity index (χ1) is 8.27. The van der Waals surface area contributed by atoms with Crippen LogP contribution in [0, 0.1) is 0 Å². The number of nitrogens with zero attached hydrogens (tertiary/aromatic N) is 1. The largest absolute Gasteiger partial charge is 0.334 e. The minimum atomic E-state index is 0.0704. The number of likely N-dealkylation sites (tertiary alicyclic amines) is 1. The van der Waals surface area contributed by atoms with E-state index in [0.717, 1.165) is 24.9 Å². The predicted octanol–water partition coefficient (Wildman–Crippen LogP) is 2.77. The van der Waals surface area contributed by atoms with Gasteiger partial charge in [0.25, 0.3) is 0 Å². The molecular formula is C14H20N2O. The second-order valence-electron chi connectivity index (χ2n) is 4.68. The minimum Gasteiger partial charge on any atom is -0.334 e. The Morgan fingerprint density at radius 3 is 2.82 bits per heavy atom. The number of piperidine rings is 1. The van der Waals surface area contributed by atoms with E-state index in [2.05, 4.69) is 12.2 Å². The number of rotatable bonds is 2.